The lowest BCUT2D eigenvalue weighted by Crippen LogP contribution is -2.12. The average Bonchev–Trinajstić information content (AvgIpc) is 2.55. The maximum Gasteiger partial charge on any atom is 0.337 e. The van der Waals surface area contributed by atoms with Crippen molar-refractivity contribution in [3.8, 4) is 6.07 Å². The highest BCUT2D eigenvalue weighted by atomic mass is 16.5. The highest BCUT2D eigenvalue weighted by Crippen LogP contribution is 2.12. The Hall–Kier alpha value is -3.13. The largest absolute Gasteiger partial charge is 0.465 e. The van der Waals surface area contributed by atoms with Gasteiger partial charge in [0.2, 0.25) is 0 Å². The van der Waals surface area contributed by atoms with Crippen molar-refractivity contribution in [3.63, 3.8) is 0 Å². The predicted molar refractivity (Wildman–Crippen MR) is 76.9 cm³/mol. The van der Waals surface area contributed by atoms with E-state index in [4.69, 9.17) is 5.26 Å². The molecule has 2 aromatic rings. The molecule has 0 aliphatic carbocycles. The molecule has 0 atom stereocenters. The van der Waals surface area contributed by atoms with Crippen LogP contribution in [0, 0.1) is 11.3 Å². The van der Waals surface area contributed by atoms with Crippen molar-refractivity contribution >= 4 is 17.6 Å². The lowest BCUT2D eigenvalue weighted by Gasteiger charge is -2.06. The Bertz CT molecular complexity index is 698. The molecule has 0 radical (unpaired) electrons. The van der Waals surface area contributed by atoms with E-state index in [0.717, 1.165) is 0 Å². The SMILES string of the molecule is COC(=O)c1ccc(C(=O)Nc2ccc(C#N)cc2)cc1. The van der Waals surface area contributed by atoms with Crippen molar-refractivity contribution in [2.45, 2.75) is 0 Å². The van der Waals surface area contributed by atoms with Gasteiger partial charge in [-0.15, -0.1) is 0 Å². The van der Waals surface area contributed by atoms with Gasteiger partial charge in [0, 0.05) is 11.3 Å². The van der Waals surface area contributed by atoms with Gasteiger partial charge in [-0.3, -0.25) is 4.79 Å². The quantitative estimate of drug-likeness (QED) is 0.876. The average molecular weight is 280 g/mol. The standard InChI is InChI=1S/C16H12N2O3/c1-21-16(20)13-6-4-12(5-7-13)15(19)18-14-8-2-11(10-17)3-9-14/h2-9H,1H3,(H,18,19). The molecule has 2 rings (SSSR count). The zero-order chi connectivity index (χ0) is 15.2. The fourth-order valence-electron chi connectivity index (χ4n) is 1.71. The highest BCUT2D eigenvalue weighted by molar-refractivity contribution is 6.04. The molecule has 0 spiro atoms. The summed E-state index contributed by atoms with van der Waals surface area (Å²) in [6, 6.07) is 14.7. The number of methoxy groups -OCH3 is 1. The summed E-state index contributed by atoms with van der Waals surface area (Å²) in [5, 5.41) is 11.4. The van der Waals surface area contributed by atoms with Crippen LogP contribution in [0.4, 0.5) is 5.69 Å². The minimum atomic E-state index is -0.450. The number of amides is 1. The van der Waals surface area contributed by atoms with Crippen LogP contribution in [-0.2, 0) is 4.74 Å². The maximum absolute atomic E-state index is 12.0. The number of ether oxygens (including phenoxy) is 1. The number of esters is 1. The lowest BCUT2D eigenvalue weighted by atomic mass is 10.1. The molecule has 2 aromatic carbocycles. The molecule has 0 fully saturated rings. The number of carbonyl (C=O) groups is 2. The first kappa shape index (κ1) is 14.3. The summed E-state index contributed by atoms with van der Waals surface area (Å²) in [7, 11) is 1.30. The van der Waals surface area contributed by atoms with Gasteiger partial charge >= 0.3 is 5.97 Å². The summed E-state index contributed by atoms with van der Waals surface area (Å²) in [6.07, 6.45) is 0. The Balaban J connectivity index is 2.09. The van der Waals surface area contributed by atoms with Crippen LogP contribution >= 0.6 is 0 Å². The first-order chi connectivity index (χ1) is 10.1. The first-order valence-corrected chi connectivity index (χ1v) is 6.14. The number of nitrogens with one attached hydrogen (secondary N) is 1. The molecule has 0 saturated carbocycles. The van der Waals surface area contributed by atoms with Crippen LogP contribution in [0.2, 0.25) is 0 Å². The summed E-state index contributed by atoms with van der Waals surface area (Å²) in [5.41, 5.74) is 1.92. The van der Waals surface area contributed by atoms with Crippen LogP contribution in [0.25, 0.3) is 0 Å². The Labute approximate surface area is 121 Å². The molecule has 0 heterocycles. The molecule has 1 amide bonds. The number of anilines is 1. The molecule has 0 aromatic heterocycles. The summed E-state index contributed by atoms with van der Waals surface area (Å²) in [6.45, 7) is 0. The van der Waals surface area contributed by atoms with E-state index >= 15 is 0 Å². The summed E-state index contributed by atoms with van der Waals surface area (Å²) in [5.74, 6) is -0.745. The van der Waals surface area contributed by atoms with E-state index in [1.807, 2.05) is 6.07 Å². The molecule has 0 bridgehead atoms. The van der Waals surface area contributed by atoms with Gasteiger partial charge in [-0.25, -0.2) is 4.79 Å². The Kier molecular flexibility index (Phi) is 4.32. The summed E-state index contributed by atoms with van der Waals surface area (Å²) < 4.78 is 4.59. The molecule has 0 aliphatic rings. The number of nitriles is 1. The number of carbonyl (C=O) groups excluding carboxylic acids is 2. The normalized spacial score (nSPS) is 9.52. The van der Waals surface area contributed by atoms with Crippen LogP contribution in [0.1, 0.15) is 26.3 Å². The van der Waals surface area contributed by atoms with E-state index in [-0.39, 0.29) is 5.91 Å². The third-order valence-corrected chi connectivity index (χ3v) is 2.84. The predicted octanol–water partition coefficient (Wildman–Crippen LogP) is 2.60. The minimum absolute atomic E-state index is 0.295. The van der Waals surface area contributed by atoms with Gasteiger partial charge in [0.25, 0.3) is 5.91 Å². The van der Waals surface area contributed by atoms with Gasteiger partial charge in [0.1, 0.15) is 0 Å². The minimum Gasteiger partial charge on any atom is -0.465 e. The number of hydrogen-bond acceptors (Lipinski definition) is 4. The molecule has 21 heavy (non-hydrogen) atoms. The van der Waals surface area contributed by atoms with Crippen molar-refractivity contribution in [1.82, 2.24) is 0 Å². The van der Waals surface area contributed by atoms with Crippen molar-refractivity contribution in [1.29, 1.82) is 5.26 Å². The van der Waals surface area contributed by atoms with Gasteiger partial charge in [-0.1, -0.05) is 0 Å². The second-order valence-electron chi connectivity index (χ2n) is 4.21. The third-order valence-electron chi connectivity index (χ3n) is 2.84. The Morgan fingerprint density at radius 2 is 1.57 bits per heavy atom. The monoisotopic (exact) mass is 280 g/mol. The molecular formula is C16H12N2O3. The van der Waals surface area contributed by atoms with Gasteiger partial charge in [-0.2, -0.15) is 5.26 Å². The molecule has 5 nitrogen and oxygen atoms in total. The molecule has 0 unspecified atom stereocenters. The molecular weight excluding hydrogens is 268 g/mol. The van der Waals surface area contributed by atoms with E-state index < -0.39 is 5.97 Å². The topological polar surface area (TPSA) is 79.2 Å². The number of nitrogens with zero attached hydrogens (tertiary/aromatic N) is 1. The van der Waals surface area contributed by atoms with E-state index in [1.54, 1.807) is 36.4 Å². The fourth-order valence-corrected chi connectivity index (χ4v) is 1.71. The van der Waals surface area contributed by atoms with Crippen molar-refractivity contribution in [2.24, 2.45) is 0 Å². The lowest BCUT2D eigenvalue weighted by molar-refractivity contribution is 0.0600. The van der Waals surface area contributed by atoms with E-state index in [0.29, 0.717) is 22.4 Å². The van der Waals surface area contributed by atoms with Gasteiger partial charge in [0.15, 0.2) is 0 Å². The van der Waals surface area contributed by atoms with Crippen molar-refractivity contribution < 1.29 is 14.3 Å². The number of rotatable bonds is 3. The van der Waals surface area contributed by atoms with Crippen LogP contribution < -0.4 is 5.32 Å². The highest BCUT2D eigenvalue weighted by Gasteiger charge is 2.09. The van der Waals surface area contributed by atoms with Crippen LogP contribution in [0.5, 0.6) is 0 Å². The third kappa shape index (κ3) is 3.45. The molecule has 0 aliphatic heterocycles. The van der Waals surface area contributed by atoms with Crippen LogP contribution in [0.3, 0.4) is 0 Å². The zero-order valence-electron chi connectivity index (χ0n) is 11.3. The molecule has 104 valence electrons. The zero-order valence-corrected chi connectivity index (χ0v) is 11.3. The van der Waals surface area contributed by atoms with E-state index in [2.05, 4.69) is 10.1 Å². The van der Waals surface area contributed by atoms with Gasteiger partial charge in [0.05, 0.1) is 24.3 Å². The van der Waals surface area contributed by atoms with Crippen molar-refractivity contribution in [3.05, 3.63) is 65.2 Å². The van der Waals surface area contributed by atoms with Crippen LogP contribution in [-0.4, -0.2) is 19.0 Å². The summed E-state index contributed by atoms with van der Waals surface area (Å²) in [4.78, 5) is 23.3. The van der Waals surface area contributed by atoms with Gasteiger partial charge in [-0.05, 0) is 48.5 Å². The second kappa shape index (κ2) is 6.35. The van der Waals surface area contributed by atoms with E-state index in [9.17, 15) is 9.59 Å². The fraction of sp³-hybridized carbons (Fsp3) is 0.0625. The molecule has 5 heteroatoms. The Morgan fingerprint density at radius 3 is 2.10 bits per heavy atom. The van der Waals surface area contributed by atoms with Crippen molar-refractivity contribution in [2.75, 3.05) is 12.4 Å². The van der Waals surface area contributed by atoms with Crippen LogP contribution in [0.15, 0.2) is 48.5 Å². The van der Waals surface area contributed by atoms with Gasteiger partial charge < -0.3 is 10.1 Å². The number of hydrogen-bond donors (Lipinski definition) is 1. The maximum atomic E-state index is 12.0. The molecule has 0 saturated heterocycles. The summed E-state index contributed by atoms with van der Waals surface area (Å²) >= 11 is 0. The number of benzene rings is 2. The van der Waals surface area contributed by atoms with E-state index in [1.165, 1.54) is 19.2 Å². The Morgan fingerprint density at radius 1 is 1.00 bits per heavy atom. The first-order valence-electron chi connectivity index (χ1n) is 6.14. The molecule has 1 N–H and O–H groups in total. The smallest absolute Gasteiger partial charge is 0.337 e. The second-order valence-corrected chi connectivity index (χ2v) is 4.21.